The molecule has 0 amide bonds. The third-order valence-corrected chi connectivity index (χ3v) is 2.55. The van der Waals surface area contributed by atoms with E-state index in [0.717, 1.165) is 19.3 Å². The Hall–Kier alpha value is -0.830. The second-order valence-electron chi connectivity index (χ2n) is 3.90. The maximum Gasteiger partial charge on any atom is 0.302 e. The van der Waals surface area contributed by atoms with Crippen molar-refractivity contribution in [2.45, 2.75) is 44.8 Å². The zero-order chi connectivity index (χ0) is 10.6. The molecule has 0 radical (unpaired) electrons. The normalized spacial score (nSPS) is 29.7. The van der Waals surface area contributed by atoms with Gasteiger partial charge in [0, 0.05) is 6.92 Å². The topological polar surface area (TPSA) is 38.8 Å². The zero-order valence-electron chi connectivity index (χ0n) is 8.91. The highest BCUT2D eigenvalue weighted by molar-refractivity contribution is 5.65. The van der Waals surface area contributed by atoms with Gasteiger partial charge in [-0.05, 0) is 26.2 Å². The first kappa shape index (κ1) is 11.2. The predicted octanol–water partition coefficient (Wildman–Crippen LogP) is 2.06. The number of carbonyl (C=O) groups is 1. The molecule has 0 N–H and O–H groups in total. The molecule has 3 nitrogen and oxygen atoms in total. The Labute approximate surface area is 85.1 Å². The van der Waals surface area contributed by atoms with Gasteiger partial charge in [0.25, 0.3) is 0 Å². The van der Waals surface area contributed by atoms with Gasteiger partial charge in [-0.3, -0.25) is 4.79 Å². The molecule has 3 heteroatoms. The van der Waals surface area contributed by atoms with Crippen LogP contribution >= 0.6 is 0 Å². The van der Waals surface area contributed by atoms with E-state index in [2.05, 4.69) is 13.5 Å². The molecule has 1 aliphatic heterocycles. The highest BCUT2D eigenvalue weighted by atomic mass is 16.6. The van der Waals surface area contributed by atoms with Gasteiger partial charge in [-0.15, -0.1) is 6.58 Å². The minimum Gasteiger partial charge on any atom is -0.463 e. The molecule has 1 rings (SSSR count). The monoisotopic (exact) mass is 198 g/mol. The van der Waals surface area contributed by atoms with E-state index >= 15 is 0 Å². The summed E-state index contributed by atoms with van der Waals surface area (Å²) >= 11 is 0. The Morgan fingerprint density at radius 1 is 1.71 bits per heavy atom. The summed E-state index contributed by atoms with van der Waals surface area (Å²) in [7, 11) is 0. The van der Waals surface area contributed by atoms with Crippen LogP contribution < -0.4 is 0 Å². The van der Waals surface area contributed by atoms with Crippen molar-refractivity contribution in [1.29, 1.82) is 0 Å². The number of esters is 1. The van der Waals surface area contributed by atoms with E-state index in [-0.39, 0.29) is 17.7 Å². The number of carbonyl (C=O) groups excluding carboxylic acids is 1. The SMILES string of the molecule is C=CCCCC1(C)OC1COC(C)=O. The van der Waals surface area contributed by atoms with E-state index in [1.54, 1.807) is 0 Å². The largest absolute Gasteiger partial charge is 0.463 e. The second kappa shape index (κ2) is 4.60. The van der Waals surface area contributed by atoms with Gasteiger partial charge in [0.15, 0.2) is 0 Å². The summed E-state index contributed by atoms with van der Waals surface area (Å²) in [5.41, 5.74) is -0.0710. The Morgan fingerprint density at radius 3 is 3.00 bits per heavy atom. The molecule has 0 bridgehead atoms. The Bertz CT molecular complexity index is 225. The molecule has 0 aromatic heterocycles. The van der Waals surface area contributed by atoms with E-state index in [0.29, 0.717) is 6.61 Å². The summed E-state index contributed by atoms with van der Waals surface area (Å²) in [6, 6.07) is 0. The molecular formula is C11H18O3. The molecule has 0 saturated carbocycles. The minimum absolute atomic E-state index is 0.0710. The van der Waals surface area contributed by atoms with Crippen molar-refractivity contribution in [3.8, 4) is 0 Å². The average Bonchev–Trinajstić information content (AvgIpc) is 2.75. The van der Waals surface area contributed by atoms with Crippen LogP contribution in [0, 0.1) is 0 Å². The minimum atomic E-state index is -0.242. The molecule has 0 aliphatic carbocycles. The van der Waals surface area contributed by atoms with Crippen LogP contribution in [0.5, 0.6) is 0 Å². The van der Waals surface area contributed by atoms with Gasteiger partial charge in [-0.2, -0.15) is 0 Å². The van der Waals surface area contributed by atoms with Crippen LogP contribution in [0.1, 0.15) is 33.1 Å². The van der Waals surface area contributed by atoms with Crippen LogP contribution in [0.3, 0.4) is 0 Å². The zero-order valence-corrected chi connectivity index (χ0v) is 8.91. The van der Waals surface area contributed by atoms with Crippen molar-refractivity contribution in [2.75, 3.05) is 6.61 Å². The Balaban J connectivity index is 2.14. The van der Waals surface area contributed by atoms with E-state index in [1.165, 1.54) is 6.92 Å². The fourth-order valence-electron chi connectivity index (χ4n) is 1.51. The first-order valence-corrected chi connectivity index (χ1v) is 5.00. The molecule has 0 spiro atoms. The summed E-state index contributed by atoms with van der Waals surface area (Å²) in [5.74, 6) is -0.242. The number of hydrogen-bond donors (Lipinski definition) is 0. The smallest absolute Gasteiger partial charge is 0.302 e. The summed E-state index contributed by atoms with van der Waals surface area (Å²) in [5, 5.41) is 0. The van der Waals surface area contributed by atoms with Gasteiger partial charge in [0.05, 0.1) is 5.60 Å². The van der Waals surface area contributed by atoms with Crippen molar-refractivity contribution in [3.05, 3.63) is 12.7 Å². The summed E-state index contributed by atoms with van der Waals surface area (Å²) in [4.78, 5) is 10.6. The standard InChI is InChI=1S/C11H18O3/c1-4-5-6-7-11(3)10(14-11)8-13-9(2)12/h4,10H,1,5-8H2,2-3H3. The number of epoxide rings is 1. The molecule has 14 heavy (non-hydrogen) atoms. The number of unbranched alkanes of at least 4 members (excludes halogenated alkanes) is 1. The third kappa shape index (κ3) is 3.14. The number of hydrogen-bond acceptors (Lipinski definition) is 3. The van der Waals surface area contributed by atoms with Crippen LogP contribution in [-0.2, 0) is 14.3 Å². The molecule has 1 heterocycles. The van der Waals surface area contributed by atoms with Crippen molar-refractivity contribution in [3.63, 3.8) is 0 Å². The van der Waals surface area contributed by atoms with Gasteiger partial charge in [-0.25, -0.2) is 0 Å². The molecule has 2 unspecified atom stereocenters. The quantitative estimate of drug-likeness (QED) is 0.284. The lowest BCUT2D eigenvalue weighted by Gasteiger charge is -2.04. The molecular weight excluding hydrogens is 180 g/mol. The fourth-order valence-corrected chi connectivity index (χ4v) is 1.51. The van der Waals surface area contributed by atoms with E-state index in [1.807, 2.05) is 6.08 Å². The van der Waals surface area contributed by atoms with Gasteiger partial charge in [0.2, 0.25) is 0 Å². The van der Waals surface area contributed by atoms with Crippen molar-refractivity contribution in [2.24, 2.45) is 0 Å². The first-order valence-electron chi connectivity index (χ1n) is 5.00. The van der Waals surface area contributed by atoms with Crippen molar-refractivity contribution >= 4 is 5.97 Å². The molecule has 80 valence electrons. The van der Waals surface area contributed by atoms with Gasteiger partial charge in [-0.1, -0.05) is 6.08 Å². The van der Waals surface area contributed by atoms with Gasteiger partial charge < -0.3 is 9.47 Å². The van der Waals surface area contributed by atoms with Gasteiger partial charge in [0.1, 0.15) is 12.7 Å². The summed E-state index contributed by atoms with van der Waals surface area (Å²) in [6.07, 6.45) is 5.10. The highest BCUT2D eigenvalue weighted by Crippen LogP contribution is 2.40. The molecule has 1 saturated heterocycles. The lowest BCUT2D eigenvalue weighted by Crippen LogP contribution is -2.15. The maximum absolute atomic E-state index is 10.6. The second-order valence-corrected chi connectivity index (χ2v) is 3.90. The molecule has 1 aliphatic rings. The predicted molar refractivity (Wildman–Crippen MR) is 54.0 cm³/mol. The van der Waals surface area contributed by atoms with Crippen molar-refractivity contribution < 1.29 is 14.3 Å². The number of allylic oxidation sites excluding steroid dienone is 1. The Morgan fingerprint density at radius 2 is 2.43 bits per heavy atom. The highest BCUT2D eigenvalue weighted by Gasteiger charge is 2.51. The molecule has 0 aromatic carbocycles. The number of rotatable bonds is 6. The van der Waals surface area contributed by atoms with Gasteiger partial charge >= 0.3 is 5.97 Å². The molecule has 0 aromatic rings. The lowest BCUT2D eigenvalue weighted by atomic mass is 10.0. The third-order valence-electron chi connectivity index (χ3n) is 2.55. The van der Waals surface area contributed by atoms with Crippen LogP contribution in [0.15, 0.2) is 12.7 Å². The van der Waals surface area contributed by atoms with Crippen LogP contribution in [-0.4, -0.2) is 24.3 Å². The fraction of sp³-hybridized carbons (Fsp3) is 0.727. The maximum atomic E-state index is 10.6. The van der Waals surface area contributed by atoms with E-state index in [4.69, 9.17) is 9.47 Å². The number of ether oxygens (including phenoxy) is 2. The molecule has 1 fully saturated rings. The van der Waals surface area contributed by atoms with E-state index in [9.17, 15) is 4.79 Å². The van der Waals surface area contributed by atoms with Crippen molar-refractivity contribution in [1.82, 2.24) is 0 Å². The van der Waals surface area contributed by atoms with Crippen LogP contribution in [0.25, 0.3) is 0 Å². The van der Waals surface area contributed by atoms with E-state index < -0.39 is 0 Å². The summed E-state index contributed by atoms with van der Waals surface area (Å²) in [6.45, 7) is 7.53. The summed E-state index contributed by atoms with van der Waals surface area (Å²) < 4.78 is 10.4. The lowest BCUT2D eigenvalue weighted by molar-refractivity contribution is -0.141. The average molecular weight is 198 g/mol. The first-order chi connectivity index (χ1) is 6.58. The van der Waals surface area contributed by atoms with Crippen LogP contribution in [0.4, 0.5) is 0 Å². The van der Waals surface area contributed by atoms with Crippen LogP contribution in [0.2, 0.25) is 0 Å². The molecule has 2 atom stereocenters. The Kier molecular flexibility index (Phi) is 3.69.